The Morgan fingerprint density at radius 1 is 1.00 bits per heavy atom. The molecule has 3 nitrogen and oxygen atoms in total. The zero-order valence-electron chi connectivity index (χ0n) is 11.6. The minimum Gasteiger partial charge on any atom is -0.227 e. The van der Waals surface area contributed by atoms with Crippen LogP contribution in [0.15, 0.2) is 61.2 Å². The predicted octanol–water partition coefficient (Wildman–Crippen LogP) is 4.45. The number of hydrogen-bond acceptors (Lipinski definition) is 2. The van der Waals surface area contributed by atoms with E-state index in [4.69, 9.17) is 11.6 Å². The van der Waals surface area contributed by atoms with Gasteiger partial charge in [-0.1, -0.05) is 65.7 Å². The molecule has 104 valence electrons. The number of hydrogen-bond donors (Lipinski definition) is 0. The molecule has 0 fully saturated rings. The molecule has 1 heterocycles. The molecule has 21 heavy (non-hydrogen) atoms. The van der Waals surface area contributed by atoms with Crippen molar-refractivity contribution >= 4 is 22.8 Å². The van der Waals surface area contributed by atoms with E-state index in [9.17, 15) is 0 Å². The molecule has 0 saturated carbocycles. The summed E-state index contributed by atoms with van der Waals surface area (Å²) in [5, 5.41) is 4.62. The van der Waals surface area contributed by atoms with Gasteiger partial charge < -0.3 is 0 Å². The van der Waals surface area contributed by atoms with Crippen LogP contribution in [0.4, 0.5) is 0 Å². The lowest BCUT2D eigenvalue weighted by Gasteiger charge is -2.04. The number of aromatic nitrogens is 3. The van der Waals surface area contributed by atoms with Crippen LogP contribution in [0.2, 0.25) is 0 Å². The molecule has 0 aliphatic rings. The van der Waals surface area contributed by atoms with Gasteiger partial charge in [-0.05, 0) is 23.6 Å². The van der Waals surface area contributed by atoms with Crippen molar-refractivity contribution in [3.63, 3.8) is 0 Å². The van der Waals surface area contributed by atoms with E-state index in [1.54, 1.807) is 17.2 Å². The summed E-state index contributed by atoms with van der Waals surface area (Å²) in [5.41, 5.74) is 4.57. The van der Waals surface area contributed by atoms with Crippen LogP contribution in [0, 0.1) is 6.92 Å². The zero-order chi connectivity index (χ0) is 14.7. The maximum Gasteiger partial charge on any atom is 0.138 e. The van der Waals surface area contributed by atoms with E-state index >= 15 is 0 Å². The van der Waals surface area contributed by atoms with Gasteiger partial charge >= 0.3 is 0 Å². The van der Waals surface area contributed by atoms with Gasteiger partial charge in [0.1, 0.15) is 12.7 Å². The molecule has 3 aromatic rings. The Hall–Kier alpha value is -2.39. The Bertz CT molecular complexity index is 742. The van der Waals surface area contributed by atoms with Gasteiger partial charge in [-0.15, -0.1) is 0 Å². The highest BCUT2D eigenvalue weighted by Crippen LogP contribution is 2.25. The minimum atomic E-state index is 0.621. The van der Waals surface area contributed by atoms with E-state index in [0.29, 0.717) is 5.03 Å². The number of benzene rings is 2. The van der Waals surface area contributed by atoms with Gasteiger partial charge in [-0.3, -0.25) is 0 Å². The van der Waals surface area contributed by atoms with Crippen LogP contribution in [-0.2, 0) is 0 Å². The highest BCUT2D eigenvalue weighted by atomic mass is 35.5. The molecule has 0 atom stereocenters. The molecular formula is C17H14ClN3. The summed E-state index contributed by atoms with van der Waals surface area (Å²) in [4.78, 5) is 3.88. The third-order valence-corrected chi connectivity index (χ3v) is 3.54. The maximum atomic E-state index is 6.29. The molecule has 0 N–H and O–H groups in total. The normalized spacial score (nSPS) is 11.6. The predicted molar refractivity (Wildman–Crippen MR) is 86.7 cm³/mol. The summed E-state index contributed by atoms with van der Waals surface area (Å²) in [6.07, 6.45) is 4.81. The molecule has 0 spiro atoms. The maximum absolute atomic E-state index is 6.29. The lowest BCUT2D eigenvalue weighted by Crippen LogP contribution is -1.87. The number of nitrogens with zero attached hydrogens (tertiary/aromatic N) is 3. The van der Waals surface area contributed by atoms with Gasteiger partial charge in [0.05, 0.1) is 5.03 Å². The molecule has 1 aromatic heterocycles. The second-order valence-electron chi connectivity index (χ2n) is 4.80. The smallest absolute Gasteiger partial charge is 0.138 e. The Labute approximate surface area is 128 Å². The first-order valence-electron chi connectivity index (χ1n) is 6.61. The second kappa shape index (κ2) is 5.94. The highest BCUT2D eigenvalue weighted by molar-refractivity contribution is 6.50. The van der Waals surface area contributed by atoms with Gasteiger partial charge in [0.25, 0.3) is 0 Å². The monoisotopic (exact) mass is 295 g/mol. The fraction of sp³-hybridized carbons (Fsp3) is 0.0588. The fourth-order valence-electron chi connectivity index (χ4n) is 2.04. The molecule has 0 aliphatic carbocycles. The van der Waals surface area contributed by atoms with Gasteiger partial charge in [0.15, 0.2) is 0 Å². The van der Waals surface area contributed by atoms with Gasteiger partial charge in [-0.2, -0.15) is 5.10 Å². The van der Waals surface area contributed by atoms with Crippen LogP contribution in [0.25, 0.3) is 22.4 Å². The van der Waals surface area contributed by atoms with Gasteiger partial charge in [-0.25, -0.2) is 9.67 Å². The van der Waals surface area contributed by atoms with E-state index in [-0.39, 0.29) is 0 Å². The first kappa shape index (κ1) is 13.6. The van der Waals surface area contributed by atoms with Crippen molar-refractivity contribution in [2.45, 2.75) is 6.92 Å². The van der Waals surface area contributed by atoms with Crippen LogP contribution in [0.3, 0.4) is 0 Å². The van der Waals surface area contributed by atoms with E-state index in [0.717, 1.165) is 5.56 Å². The molecule has 0 aliphatic heterocycles. The van der Waals surface area contributed by atoms with E-state index in [1.807, 2.05) is 12.1 Å². The Balaban J connectivity index is 1.85. The Kier molecular flexibility index (Phi) is 3.84. The van der Waals surface area contributed by atoms with Gasteiger partial charge in [0.2, 0.25) is 0 Å². The first-order valence-corrected chi connectivity index (χ1v) is 6.99. The van der Waals surface area contributed by atoms with E-state index < -0.39 is 0 Å². The lowest BCUT2D eigenvalue weighted by molar-refractivity contribution is 0.936. The molecule has 3 rings (SSSR count). The third-order valence-electron chi connectivity index (χ3n) is 3.23. The minimum absolute atomic E-state index is 0.621. The molecular weight excluding hydrogens is 282 g/mol. The average molecular weight is 296 g/mol. The SMILES string of the molecule is Cc1ccc(-c2ccc(/C(Cl)=C/n3cncn3)cc2)cc1. The number of rotatable bonds is 3. The quantitative estimate of drug-likeness (QED) is 0.715. The number of aryl methyl sites for hydroxylation is 1. The molecule has 0 radical (unpaired) electrons. The van der Waals surface area contributed by atoms with Crippen LogP contribution < -0.4 is 0 Å². The lowest BCUT2D eigenvalue weighted by atomic mass is 10.0. The first-order chi connectivity index (χ1) is 10.2. The summed E-state index contributed by atoms with van der Waals surface area (Å²) in [6, 6.07) is 16.6. The molecule has 0 amide bonds. The zero-order valence-corrected chi connectivity index (χ0v) is 12.3. The summed E-state index contributed by atoms with van der Waals surface area (Å²) in [7, 11) is 0. The van der Waals surface area contributed by atoms with E-state index in [1.165, 1.54) is 23.0 Å². The van der Waals surface area contributed by atoms with Crippen molar-refractivity contribution in [2.24, 2.45) is 0 Å². The summed E-state index contributed by atoms with van der Waals surface area (Å²) in [5.74, 6) is 0. The van der Waals surface area contributed by atoms with Crippen LogP contribution in [0.1, 0.15) is 11.1 Å². The molecule has 2 aromatic carbocycles. The fourth-order valence-corrected chi connectivity index (χ4v) is 2.27. The average Bonchev–Trinajstić information content (AvgIpc) is 3.01. The van der Waals surface area contributed by atoms with Crippen molar-refractivity contribution in [3.05, 3.63) is 72.3 Å². The molecule has 0 unspecified atom stereocenters. The third kappa shape index (κ3) is 3.20. The summed E-state index contributed by atoms with van der Waals surface area (Å²) >= 11 is 6.29. The standard InChI is InChI=1S/C17H14ClN3/c1-13-2-4-14(5-3-13)15-6-8-16(9-7-15)17(18)10-21-12-19-11-20-21/h2-12H,1H3/b17-10-. The number of halogens is 1. The van der Waals surface area contributed by atoms with Crippen LogP contribution >= 0.6 is 11.6 Å². The second-order valence-corrected chi connectivity index (χ2v) is 5.20. The van der Waals surface area contributed by atoms with Crippen molar-refractivity contribution in [3.8, 4) is 11.1 Å². The summed E-state index contributed by atoms with van der Waals surface area (Å²) < 4.78 is 1.58. The molecule has 4 heteroatoms. The highest BCUT2D eigenvalue weighted by Gasteiger charge is 2.01. The van der Waals surface area contributed by atoms with Crippen LogP contribution in [-0.4, -0.2) is 14.8 Å². The topological polar surface area (TPSA) is 30.7 Å². The molecule has 0 bridgehead atoms. The van der Waals surface area contributed by atoms with Crippen molar-refractivity contribution in [1.82, 2.24) is 14.8 Å². The van der Waals surface area contributed by atoms with Crippen molar-refractivity contribution in [2.75, 3.05) is 0 Å². The summed E-state index contributed by atoms with van der Waals surface area (Å²) in [6.45, 7) is 2.08. The van der Waals surface area contributed by atoms with Crippen molar-refractivity contribution < 1.29 is 0 Å². The van der Waals surface area contributed by atoms with Crippen LogP contribution in [0.5, 0.6) is 0 Å². The van der Waals surface area contributed by atoms with Gasteiger partial charge in [0, 0.05) is 6.20 Å². The Morgan fingerprint density at radius 2 is 1.62 bits per heavy atom. The van der Waals surface area contributed by atoms with E-state index in [2.05, 4.69) is 53.4 Å². The largest absolute Gasteiger partial charge is 0.227 e. The molecule has 0 saturated heterocycles. The van der Waals surface area contributed by atoms with Crippen molar-refractivity contribution in [1.29, 1.82) is 0 Å². The Morgan fingerprint density at radius 3 is 2.19 bits per heavy atom.